The molecule has 0 bridgehead atoms. The fraction of sp³-hybridized carbons (Fsp3) is 0.600. The van der Waals surface area contributed by atoms with E-state index in [-0.39, 0.29) is 6.04 Å². The summed E-state index contributed by atoms with van der Waals surface area (Å²) >= 11 is 6.05. The molecule has 1 rings (SSSR count). The van der Waals surface area contributed by atoms with Crippen LogP contribution in [0.15, 0.2) is 0 Å². The van der Waals surface area contributed by atoms with Gasteiger partial charge in [-0.2, -0.15) is 5.10 Å². The van der Waals surface area contributed by atoms with Crippen molar-refractivity contribution in [1.82, 2.24) is 9.78 Å². The van der Waals surface area contributed by atoms with Gasteiger partial charge in [-0.3, -0.25) is 9.48 Å². The minimum absolute atomic E-state index is 0.182. The summed E-state index contributed by atoms with van der Waals surface area (Å²) in [5.74, 6) is 0. The van der Waals surface area contributed by atoms with Gasteiger partial charge in [0.05, 0.1) is 18.2 Å². The highest BCUT2D eigenvalue weighted by Gasteiger charge is 2.17. The average molecular weight is 231 g/mol. The van der Waals surface area contributed by atoms with E-state index in [0.29, 0.717) is 23.0 Å². The van der Waals surface area contributed by atoms with E-state index in [1.54, 1.807) is 11.8 Å². The van der Waals surface area contributed by atoms with Crippen LogP contribution in [0.2, 0.25) is 5.15 Å². The molecule has 0 saturated heterocycles. The summed E-state index contributed by atoms with van der Waals surface area (Å²) in [6, 6.07) is 0.182. The Bertz CT molecular complexity index is 349. The number of methoxy groups -OCH3 is 1. The SMILES string of the molecule is CCC(C)n1nc(COC)c(C=O)c1Cl. The number of carbonyl (C=O) groups excluding carboxylic acids is 1. The van der Waals surface area contributed by atoms with Crippen molar-refractivity contribution in [2.75, 3.05) is 7.11 Å². The molecule has 4 nitrogen and oxygen atoms in total. The standard InChI is InChI=1S/C10H15ClN2O2/c1-4-7(2)13-10(11)8(5-14)9(12-13)6-15-3/h5,7H,4,6H2,1-3H3. The number of ether oxygens (including phenoxy) is 1. The third kappa shape index (κ3) is 2.38. The molecule has 1 heterocycles. The minimum atomic E-state index is 0.182. The molecule has 0 saturated carbocycles. The van der Waals surface area contributed by atoms with Gasteiger partial charge in [-0.05, 0) is 13.3 Å². The smallest absolute Gasteiger partial charge is 0.155 e. The van der Waals surface area contributed by atoms with Gasteiger partial charge in [-0.1, -0.05) is 18.5 Å². The molecular formula is C10H15ClN2O2. The van der Waals surface area contributed by atoms with E-state index in [4.69, 9.17) is 16.3 Å². The Hall–Kier alpha value is -0.870. The minimum Gasteiger partial charge on any atom is -0.378 e. The first-order valence-electron chi connectivity index (χ1n) is 4.86. The number of hydrogen-bond acceptors (Lipinski definition) is 3. The van der Waals surface area contributed by atoms with Gasteiger partial charge < -0.3 is 4.74 Å². The van der Waals surface area contributed by atoms with Crippen LogP contribution in [0.4, 0.5) is 0 Å². The predicted octanol–water partition coefficient (Wildman–Crippen LogP) is 2.47. The maximum Gasteiger partial charge on any atom is 0.155 e. The molecule has 0 N–H and O–H groups in total. The number of rotatable bonds is 5. The Morgan fingerprint density at radius 2 is 2.33 bits per heavy atom. The second kappa shape index (κ2) is 5.28. The molecule has 0 aliphatic rings. The van der Waals surface area contributed by atoms with Gasteiger partial charge in [0.1, 0.15) is 10.8 Å². The fourth-order valence-electron chi connectivity index (χ4n) is 1.30. The first kappa shape index (κ1) is 12.2. The highest BCUT2D eigenvalue weighted by Crippen LogP contribution is 2.23. The lowest BCUT2D eigenvalue weighted by Crippen LogP contribution is -2.06. The van der Waals surface area contributed by atoms with Crippen molar-refractivity contribution in [2.24, 2.45) is 0 Å². The van der Waals surface area contributed by atoms with Crippen LogP contribution < -0.4 is 0 Å². The summed E-state index contributed by atoms with van der Waals surface area (Å²) in [6.07, 6.45) is 1.63. The maximum absolute atomic E-state index is 10.9. The van der Waals surface area contributed by atoms with E-state index in [1.165, 1.54) is 0 Å². The van der Waals surface area contributed by atoms with Crippen LogP contribution in [-0.2, 0) is 11.3 Å². The number of aldehydes is 1. The molecule has 1 unspecified atom stereocenters. The van der Waals surface area contributed by atoms with Crippen LogP contribution in [0.25, 0.3) is 0 Å². The fourth-order valence-corrected chi connectivity index (χ4v) is 1.65. The Morgan fingerprint density at radius 1 is 1.67 bits per heavy atom. The molecule has 0 radical (unpaired) electrons. The molecule has 1 aromatic heterocycles. The molecule has 1 aromatic rings. The van der Waals surface area contributed by atoms with Crippen LogP contribution in [0.5, 0.6) is 0 Å². The quantitative estimate of drug-likeness (QED) is 0.730. The molecular weight excluding hydrogens is 216 g/mol. The molecule has 1 atom stereocenters. The molecule has 15 heavy (non-hydrogen) atoms. The van der Waals surface area contributed by atoms with Crippen molar-refractivity contribution >= 4 is 17.9 Å². The van der Waals surface area contributed by atoms with Gasteiger partial charge >= 0.3 is 0 Å². The summed E-state index contributed by atoms with van der Waals surface area (Å²) < 4.78 is 6.63. The van der Waals surface area contributed by atoms with Crippen molar-refractivity contribution < 1.29 is 9.53 Å². The molecule has 0 aliphatic heterocycles. The molecule has 5 heteroatoms. The first-order chi connectivity index (χ1) is 7.15. The Labute approximate surface area is 94.2 Å². The van der Waals surface area contributed by atoms with Crippen molar-refractivity contribution in [2.45, 2.75) is 32.9 Å². The van der Waals surface area contributed by atoms with E-state index in [9.17, 15) is 4.79 Å². The number of carbonyl (C=O) groups is 1. The van der Waals surface area contributed by atoms with Crippen LogP contribution in [0.1, 0.15) is 42.4 Å². The maximum atomic E-state index is 10.9. The van der Waals surface area contributed by atoms with Crippen LogP contribution >= 0.6 is 11.6 Å². The third-order valence-electron chi connectivity index (χ3n) is 2.37. The van der Waals surface area contributed by atoms with Crippen molar-refractivity contribution in [3.8, 4) is 0 Å². The summed E-state index contributed by atoms with van der Waals surface area (Å²) in [5, 5.41) is 4.66. The molecule has 0 spiro atoms. The number of nitrogens with zero attached hydrogens (tertiary/aromatic N) is 2. The van der Waals surface area contributed by atoms with Crippen molar-refractivity contribution in [3.63, 3.8) is 0 Å². The van der Waals surface area contributed by atoms with Crippen molar-refractivity contribution in [1.29, 1.82) is 0 Å². The van der Waals surface area contributed by atoms with Gasteiger partial charge in [0.15, 0.2) is 6.29 Å². The van der Waals surface area contributed by atoms with Gasteiger partial charge in [0.25, 0.3) is 0 Å². The van der Waals surface area contributed by atoms with Gasteiger partial charge in [0, 0.05) is 7.11 Å². The van der Waals surface area contributed by atoms with Crippen LogP contribution in [0.3, 0.4) is 0 Å². The van der Waals surface area contributed by atoms with E-state index in [0.717, 1.165) is 12.7 Å². The van der Waals surface area contributed by atoms with Crippen LogP contribution in [-0.4, -0.2) is 23.2 Å². The average Bonchev–Trinajstić information content (AvgIpc) is 2.55. The zero-order valence-electron chi connectivity index (χ0n) is 9.16. The summed E-state index contributed by atoms with van der Waals surface area (Å²) in [6.45, 7) is 4.35. The Kier molecular flexibility index (Phi) is 4.29. The molecule has 84 valence electrons. The van der Waals surface area contributed by atoms with Gasteiger partial charge in [-0.15, -0.1) is 0 Å². The first-order valence-corrected chi connectivity index (χ1v) is 5.24. The molecule has 0 aliphatic carbocycles. The second-order valence-corrected chi connectivity index (χ2v) is 3.76. The van der Waals surface area contributed by atoms with Crippen molar-refractivity contribution in [3.05, 3.63) is 16.4 Å². The molecule has 0 amide bonds. The zero-order valence-corrected chi connectivity index (χ0v) is 9.91. The second-order valence-electron chi connectivity index (χ2n) is 3.40. The Balaban J connectivity index is 3.14. The summed E-state index contributed by atoms with van der Waals surface area (Å²) in [4.78, 5) is 10.9. The Morgan fingerprint density at radius 3 is 2.80 bits per heavy atom. The number of aromatic nitrogens is 2. The van der Waals surface area contributed by atoms with Gasteiger partial charge in [0.2, 0.25) is 0 Å². The predicted molar refractivity (Wildman–Crippen MR) is 58.3 cm³/mol. The largest absolute Gasteiger partial charge is 0.378 e. The van der Waals surface area contributed by atoms with E-state index in [1.807, 2.05) is 13.8 Å². The van der Waals surface area contributed by atoms with E-state index in [2.05, 4.69) is 5.10 Å². The van der Waals surface area contributed by atoms with E-state index < -0.39 is 0 Å². The third-order valence-corrected chi connectivity index (χ3v) is 2.75. The monoisotopic (exact) mass is 230 g/mol. The number of halogens is 1. The lowest BCUT2D eigenvalue weighted by Gasteiger charge is -2.09. The highest BCUT2D eigenvalue weighted by atomic mass is 35.5. The zero-order chi connectivity index (χ0) is 11.4. The lowest BCUT2D eigenvalue weighted by atomic mass is 10.2. The van der Waals surface area contributed by atoms with Gasteiger partial charge in [-0.25, -0.2) is 0 Å². The topological polar surface area (TPSA) is 44.1 Å². The molecule has 0 aromatic carbocycles. The summed E-state index contributed by atoms with van der Waals surface area (Å²) in [5.41, 5.74) is 1.02. The summed E-state index contributed by atoms with van der Waals surface area (Å²) in [7, 11) is 1.56. The molecule has 0 fully saturated rings. The van der Waals surface area contributed by atoms with Crippen LogP contribution in [0, 0.1) is 0 Å². The number of hydrogen-bond donors (Lipinski definition) is 0. The van der Waals surface area contributed by atoms with E-state index >= 15 is 0 Å². The lowest BCUT2D eigenvalue weighted by molar-refractivity contribution is 0.111. The normalized spacial score (nSPS) is 12.8. The highest BCUT2D eigenvalue weighted by molar-refractivity contribution is 6.32.